The maximum atomic E-state index is 13.8. The summed E-state index contributed by atoms with van der Waals surface area (Å²) in [5.74, 6) is 0.279. The molecule has 1 heterocycles. The number of ether oxygens (including phenoxy) is 1. The van der Waals surface area contributed by atoms with E-state index in [9.17, 15) is 4.39 Å². The zero-order valence-corrected chi connectivity index (χ0v) is 12.3. The quantitative estimate of drug-likeness (QED) is 0.912. The second kappa shape index (κ2) is 6.05. The predicted molar refractivity (Wildman–Crippen MR) is 76.2 cm³/mol. The minimum Gasteiger partial charge on any atom is -0.497 e. The summed E-state index contributed by atoms with van der Waals surface area (Å²) in [4.78, 5) is 0. The maximum Gasteiger partial charge on any atom is 0.131 e. The van der Waals surface area contributed by atoms with Gasteiger partial charge in [-0.05, 0) is 19.9 Å². The van der Waals surface area contributed by atoms with E-state index in [0.717, 1.165) is 11.4 Å². The SMILES string of the molecule is COc1ccc(CNCc2c(C)nn(C)c2C)c(F)c1. The molecule has 4 nitrogen and oxygen atoms in total. The lowest BCUT2D eigenvalue weighted by atomic mass is 10.1. The third-order valence-electron chi connectivity index (χ3n) is 3.54. The van der Waals surface area contributed by atoms with Crippen molar-refractivity contribution >= 4 is 0 Å². The van der Waals surface area contributed by atoms with E-state index in [1.54, 1.807) is 12.1 Å². The van der Waals surface area contributed by atoms with Crippen molar-refractivity contribution in [3.05, 3.63) is 46.5 Å². The molecule has 1 aromatic heterocycles. The first-order valence-corrected chi connectivity index (χ1v) is 6.55. The van der Waals surface area contributed by atoms with Gasteiger partial charge in [0, 0.05) is 43.0 Å². The highest BCUT2D eigenvalue weighted by Gasteiger charge is 2.09. The third-order valence-corrected chi connectivity index (χ3v) is 3.54. The number of aromatic nitrogens is 2. The number of benzene rings is 1. The normalized spacial score (nSPS) is 10.8. The van der Waals surface area contributed by atoms with Gasteiger partial charge in [0.1, 0.15) is 11.6 Å². The number of halogens is 1. The lowest BCUT2D eigenvalue weighted by Gasteiger charge is -2.08. The topological polar surface area (TPSA) is 39.1 Å². The van der Waals surface area contributed by atoms with Gasteiger partial charge in [-0.15, -0.1) is 0 Å². The Balaban J connectivity index is 1.99. The van der Waals surface area contributed by atoms with Crippen LogP contribution in [-0.2, 0) is 20.1 Å². The van der Waals surface area contributed by atoms with Gasteiger partial charge in [-0.1, -0.05) is 6.07 Å². The molecule has 0 radical (unpaired) electrons. The molecule has 0 saturated carbocycles. The zero-order valence-electron chi connectivity index (χ0n) is 12.3. The van der Waals surface area contributed by atoms with Crippen molar-refractivity contribution in [1.82, 2.24) is 15.1 Å². The average molecular weight is 277 g/mol. The standard InChI is InChI=1S/C15H20FN3O/c1-10-14(11(2)19(3)18-10)9-17-8-12-5-6-13(20-4)7-15(12)16/h5-7,17H,8-9H2,1-4H3. The second-order valence-corrected chi connectivity index (χ2v) is 4.83. The fraction of sp³-hybridized carbons (Fsp3) is 0.400. The molecule has 0 amide bonds. The van der Waals surface area contributed by atoms with Crippen LogP contribution in [0.15, 0.2) is 18.2 Å². The van der Waals surface area contributed by atoms with Gasteiger partial charge in [0.2, 0.25) is 0 Å². The van der Waals surface area contributed by atoms with Crippen molar-refractivity contribution in [2.24, 2.45) is 7.05 Å². The fourth-order valence-electron chi connectivity index (χ4n) is 2.19. The van der Waals surface area contributed by atoms with Crippen molar-refractivity contribution in [3.8, 4) is 5.75 Å². The molecule has 5 heteroatoms. The van der Waals surface area contributed by atoms with E-state index in [0.29, 0.717) is 24.4 Å². The predicted octanol–water partition coefficient (Wildman–Crippen LogP) is 2.47. The molecule has 108 valence electrons. The van der Waals surface area contributed by atoms with Gasteiger partial charge in [0.25, 0.3) is 0 Å². The molecule has 0 spiro atoms. The van der Waals surface area contributed by atoms with Crippen molar-refractivity contribution in [1.29, 1.82) is 0 Å². The number of hydrogen-bond donors (Lipinski definition) is 1. The molecule has 0 saturated heterocycles. The Morgan fingerprint density at radius 1 is 1.30 bits per heavy atom. The highest BCUT2D eigenvalue weighted by atomic mass is 19.1. The van der Waals surface area contributed by atoms with Crippen LogP contribution in [0.5, 0.6) is 5.75 Å². The Morgan fingerprint density at radius 2 is 2.05 bits per heavy atom. The molecule has 0 aliphatic rings. The third kappa shape index (κ3) is 2.99. The summed E-state index contributed by atoms with van der Waals surface area (Å²) in [5, 5.41) is 7.62. The van der Waals surface area contributed by atoms with E-state index in [1.165, 1.54) is 18.7 Å². The summed E-state index contributed by atoms with van der Waals surface area (Å²) in [6, 6.07) is 4.91. The van der Waals surface area contributed by atoms with Gasteiger partial charge in [-0.3, -0.25) is 4.68 Å². The van der Waals surface area contributed by atoms with Gasteiger partial charge >= 0.3 is 0 Å². The molecule has 0 bridgehead atoms. The van der Waals surface area contributed by atoms with E-state index < -0.39 is 0 Å². The van der Waals surface area contributed by atoms with Crippen LogP contribution < -0.4 is 10.1 Å². The van der Waals surface area contributed by atoms with Crippen molar-refractivity contribution in [3.63, 3.8) is 0 Å². The number of rotatable bonds is 5. The molecule has 0 aliphatic carbocycles. The van der Waals surface area contributed by atoms with E-state index in [-0.39, 0.29) is 5.82 Å². The van der Waals surface area contributed by atoms with Gasteiger partial charge in [0.05, 0.1) is 12.8 Å². The number of hydrogen-bond acceptors (Lipinski definition) is 3. The summed E-state index contributed by atoms with van der Waals surface area (Å²) in [7, 11) is 3.45. The van der Waals surface area contributed by atoms with Crippen molar-refractivity contribution in [2.75, 3.05) is 7.11 Å². The highest BCUT2D eigenvalue weighted by Crippen LogP contribution is 2.16. The molecular weight excluding hydrogens is 257 g/mol. The number of methoxy groups -OCH3 is 1. The van der Waals surface area contributed by atoms with Crippen LogP contribution in [0.3, 0.4) is 0 Å². The number of aryl methyl sites for hydroxylation is 2. The first-order valence-electron chi connectivity index (χ1n) is 6.55. The van der Waals surface area contributed by atoms with Crippen molar-refractivity contribution < 1.29 is 9.13 Å². The van der Waals surface area contributed by atoms with E-state index in [4.69, 9.17) is 4.74 Å². The molecule has 0 aliphatic heterocycles. The van der Waals surface area contributed by atoms with Crippen LogP contribution in [0.4, 0.5) is 4.39 Å². The minimum absolute atomic E-state index is 0.253. The molecule has 0 fully saturated rings. The molecule has 0 atom stereocenters. The Labute approximate surface area is 118 Å². The minimum atomic E-state index is -0.253. The lowest BCUT2D eigenvalue weighted by molar-refractivity contribution is 0.410. The Kier molecular flexibility index (Phi) is 4.39. The number of nitrogens with one attached hydrogen (secondary N) is 1. The Hall–Kier alpha value is -1.88. The summed E-state index contributed by atoms with van der Waals surface area (Å²) in [6.45, 7) is 5.17. The van der Waals surface area contributed by atoms with E-state index >= 15 is 0 Å². The van der Waals surface area contributed by atoms with Gasteiger partial charge in [-0.25, -0.2) is 4.39 Å². The smallest absolute Gasteiger partial charge is 0.131 e. The summed E-state index contributed by atoms with van der Waals surface area (Å²) < 4.78 is 20.6. The maximum absolute atomic E-state index is 13.8. The van der Waals surface area contributed by atoms with Crippen LogP contribution in [0.25, 0.3) is 0 Å². The van der Waals surface area contributed by atoms with Crippen LogP contribution in [0, 0.1) is 19.7 Å². The average Bonchev–Trinajstić information content (AvgIpc) is 2.66. The molecule has 2 rings (SSSR count). The summed E-state index contributed by atoms with van der Waals surface area (Å²) in [5.41, 5.74) is 3.93. The van der Waals surface area contributed by atoms with E-state index in [2.05, 4.69) is 10.4 Å². The molecule has 2 aromatic rings. The van der Waals surface area contributed by atoms with Gasteiger partial charge < -0.3 is 10.1 Å². The molecule has 1 N–H and O–H groups in total. The molecular formula is C15H20FN3O. The fourth-order valence-corrected chi connectivity index (χ4v) is 2.19. The van der Waals surface area contributed by atoms with Gasteiger partial charge in [0.15, 0.2) is 0 Å². The Bertz CT molecular complexity index is 607. The van der Waals surface area contributed by atoms with Crippen LogP contribution >= 0.6 is 0 Å². The van der Waals surface area contributed by atoms with Gasteiger partial charge in [-0.2, -0.15) is 5.10 Å². The largest absolute Gasteiger partial charge is 0.497 e. The van der Waals surface area contributed by atoms with Crippen LogP contribution in [0.2, 0.25) is 0 Å². The molecule has 0 unspecified atom stereocenters. The van der Waals surface area contributed by atoms with Crippen LogP contribution in [0.1, 0.15) is 22.5 Å². The second-order valence-electron chi connectivity index (χ2n) is 4.83. The monoisotopic (exact) mass is 277 g/mol. The summed E-state index contributed by atoms with van der Waals surface area (Å²) in [6.07, 6.45) is 0. The first-order chi connectivity index (χ1) is 9.52. The molecule has 1 aromatic carbocycles. The lowest BCUT2D eigenvalue weighted by Crippen LogP contribution is -2.15. The summed E-state index contributed by atoms with van der Waals surface area (Å²) >= 11 is 0. The van der Waals surface area contributed by atoms with Crippen molar-refractivity contribution in [2.45, 2.75) is 26.9 Å². The number of nitrogens with zero attached hydrogens (tertiary/aromatic N) is 2. The van der Waals surface area contributed by atoms with Crippen LogP contribution in [-0.4, -0.2) is 16.9 Å². The molecule has 20 heavy (non-hydrogen) atoms. The zero-order chi connectivity index (χ0) is 14.7. The van der Waals surface area contributed by atoms with E-state index in [1.807, 2.05) is 25.6 Å². The highest BCUT2D eigenvalue weighted by molar-refractivity contribution is 5.29. The Morgan fingerprint density at radius 3 is 2.60 bits per heavy atom. The first kappa shape index (κ1) is 14.5.